The summed E-state index contributed by atoms with van der Waals surface area (Å²) >= 11 is 0. The van der Waals surface area contributed by atoms with Crippen LogP contribution < -0.4 is 0 Å². The van der Waals surface area contributed by atoms with Gasteiger partial charge in [-0.2, -0.15) is 0 Å². The molecule has 4 rings (SSSR count). The van der Waals surface area contributed by atoms with Crippen molar-refractivity contribution in [2.75, 3.05) is 0 Å². The van der Waals surface area contributed by atoms with E-state index in [-0.39, 0.29) is 0 Å². The van der Waals surface area contributed by atoms with Crippen LogP contribution in [-0.4, -0.2) is 4.98 Å². The van der Waals surface area contributed by atoms with Crippen LogP contribution in [0.5, 0.6) is 0 Å². The van der Waals surface area contributed by atoms with Crippen molar-refractivity contribution in [3.63, 3.8) is 0 Å². The minimum absolute atomic E-state index is 0.934. The van der Waals surface area contributed by atoms with Crippen molar-refractivity contribution in [2.24, 2.45) is 0 Å². The molecule has 2 heterocycles. The molecule has 0 unspecified atom stereocenters. The second-order valence-electron chi connectivity index (χ2n) is 6.80. The van der Waals surface area contributed by atoms with Gasteiger partial charge in [0.05, 0.1) is 5.69 Å². The number of nitrogens with one attached hydrogen (secondary N) is 1. The number of rotatable bonds is 3. The molecule has 0 amide bonds. The molecule has 126 valence electrons. The van der Waals surface area contributed by atoms with E-state index in [0.29, 0.717) is 0 Å². The Hall–Kier alpha value is -2.74. The van der Waals surface area contributed by atoms with Gasteiger partial charge in [0, 0.05) is 16.6 Å². The van der Waals surface area contributed by atoms with Crippen LogP contribution in [-0.2, 0) is 6.42 Å². The molecule has 0 aliphatic heterocycles. The highest BCUT2D eigenvalue weighted by molar-refractivity contribution is 5.92. The first-order valence-electron chi connectivity index (χ1n) is 8.86. The third kappa shape index (κ3) is 2.58. The fourth-order valence-corrected chi connectivity index (χ4v) is 3.55. The number of furan rings is 1. The Morgan fingerprint density at radius 3 is 2.16 bits per heavy atom. The molecule has 1 N–H and O–H groups in total. The molecule has 0 saturated heterocycles. The zero-order chi connectivity index (χ0) is 17.6. The van der Waals surface area contributed by atoms with Gasteiger partial charge in [-0.1, -0.05) is 43.3 Å². The first-order chi connectivity index (χ1) is 12.1. The zero-order valence-corrected chi connectivity index (χ0v) is 15.2. The van der Waals surface area contributed by atoms with Crippen LogP contribution in [0.3, 0.4) is 0 Å². The summed E-state index contributed by atoms with van der Waals surface area (Å²) in [5.74, 6) is 0.934. The Bertz CT molecular complexity index is 1050. The van der Waals surface area contributed by atoms with E-state index in [4.69, 9.17) is 4.42 Å². The van der Waals surface area contributed by atoms with Gasteiger partial charge in [-0.3, -0.25) is 0 Å². The Balaban J connectivity index is 1.80. The molecule has 0 radical (unpaired) electrons. The summed E-state index contributed by atoms with van der Waals surface area (Å²) in [4.78, 5) is 3.53. The molecule has 2 nitrogen and oxygen atoms in total. The third-order valence-corrected chi connectivity index (χ3v) is 5.09. The lowest BCUT2D eigenvalue weighted by atomic mass is 10.0. The Morgan fingerprint density at radius 2 is 1.48 bits per heavy atom. The number of aryl methyl sites for hydroxylation is 4. The number of aromatic nitrogens is 1. The highest BCUT2D eigenvalue weighted by Crippen LogP contribution is 2.36. The second-order valence-corrected chi connectivity index (χ2v) is 6.80. The van der Waals surface area contributed by atoms with Gasteiger partial charge in [0.2, 0.25) is 0 Å². The number of aromatic amines is 1. The lowest BCUT2D eigenvalue weighted by Gasteiger charge is -2.01. The minimum atomic E-state index is 0.934. The number of hydrogen-bond acceptors (Lipinski definition) is 1. The molecule has 0 fully saturated rings. The van der Waals surface area contributed by atoms with Crippen LogP contribution >= 0.6 is 0 Å². The molecule has 0 spiro atoms. The number of benzene rings is 2. The van der Waals surface area contributed by atoms with E-state index < -0.39 is 0 Å². The minimum Gasteiger partial charge on any atom is -0.454 e. The zero-order valence-electron chi connectivity index (χ0n) is 15.2. The molecule has 0 bridgehead atoms. The van der Waals surface area contributed by atoms with Gasteiger partial charge >= 0.3 is 0 Å². The molecule has 4 aromatic rings. The monoisotopic (exact) mass is 329 g/mol. The number of hydrogen-bond donors (Lipinski definition) is 1. The van der Waals surface area contributed by atoms with Crippen LogP contribution in [0.2, 0.25) is 0 Å². The van der Waals surface area contributed by atoms with Crippen molar-refractivity contribution in [1.82, 2.24) is 4.98 Å². The van der Waals surface area contributed by atoms with E-state index in [0.717, 1.165) is 29.2 Å². The molecule has 0 aliphatic carbocycles. The van der Waals surface area contributed by atoms with E-state index >= 15 is 0 Å². The SMILES string of the molecule is CCc1ccc(-c2ccc(-c3oc4c(C)ccc(C)c4c3C)[nH]2)cc1. The maximum Gasteiger partial charge on any atom is 0.154 e. The predicted molar refractivity (Wildman–Crippen MR) is 105 cm³/mol. The summed E-state index contributed by atoms with van der Waals surface area (Å²) in [5.41, 5.74) is 9.33. The van der Waals surface area contributed by atoms with E-state index in [1.165, 1.54) is 33.2 Å². The summed E-state index contributed by atoms with van der Waals surface area (Å²) < 4.78 is 6.25. The summed E-state index contributed by atoms with van der Waals surface area (Å²) in [5, 5.41) is 1.23. The largest absolute Gasteiger partial charge is 0.454 e. The van der Waals surface area contributed by atoms with E-state index in [1.807, 2.05) is 0 Å². The van der Waals surface area contributed by atoms with Gasteiger partial charge in [0.15, 0.2) is 5.76 Å². The average Bonchev–Trinajstić information content (AvgIpc) is 3.24. The summed E-state index contributed by atoms with van der Waals surface area (Å²) in [6.45, 7) is 8.56. The van der Waals surface area contributed by atoms with Gasteiger partial charge < -0.3 is 9.40 Å². The van der Waals surface area contributed by atoms with Gasteiger partial charge in [-0.15, -0.1) is 0 Å². The lowest BCUT2D eigenvalue weighted by molar-refractivity contribution is 0.624. The third-order valence-electron chi connectivity index (χ3n) is 5.09. The van der Waals surface area contributed by atoms with Crippen LogP contribution in [0.4, 0.5) is 0 Å². The van der Waals surface area contributed by atoms with Crippen LogP contribution in [0.15, 0.2) is 52.9 Å². The van der Waals surface area contributed by atoms with Crippen LogP contribution in [0.1, 0.15) is 29.2 Å². The molecule has 0 saturated carbocycles. The number of fused-ring (bicyclic) bond motifs is 1. The second kappa shape index (κ2) is 5.96. The summed E-state index contributed by atoms with van der Waals surface area (Å²) in [7, 11) is 0. The van der Waals surface area contributed by atoms with Gasteiger partial charge in [0.1, 0.15) is 5.58 Å². The Labute approximate surface area is 148 Å². The topological polar surface area (TPSA) is 28.9 Å². The molecular formula is C23H23NO. The fourth-order valence-electron chi connectivity index (χ4n) is 3.55. The normalized spacial score (nSPS) is 11.4. The van der Waals surface area contributed by atoms with Crippen molar-refractivity contribution in [3.05, 3.63) is 70.8 Å². The molecule has 0 atom stereocenters. The molecule has 0 aliphatic rings. The highest BCUT2D eigenvalue weighted by atomic mass is 16.3. The smallest absolute Gasteiger partial charge is 0.154 e. The van der Waals surface area contributed by atoms with Crippen molar-refractivity contribution < 1.29 is 4.42 Å². The Kier molecular flexibility index (Phi) is 3.76. The van der Waals surface area contributed by atoms with Crippen molar-refractivity contribution in [2.45, 2.75) is 34.1 Å². The Morgan fingerprint density at radius 1 is 0.800 bits per heavy atom. The molecule has 25 heavy (non-hydrogen) atoms. The maximum absolute atomic E-state index is 6.25. The van der Waals surface area contributed by atoms with Crippen molar-refractivity contribution >= 4 is 11.0 Å². The maximum atomic E-state index is 6.25. The summed E-state index contributed by atoms with van der Waals surface area (Å²) in [6, 6.07) is 17.3. The van der Waals surface area contributed by atoms with Crippen LogP contribution in [0.25, 0.3) is 33.7 Å². The average molecular weight is 329 g/mol. The van der Waals surface area contributed by atoms with E-state index in [9.17, 15) is 0 Å². The first-order valence-corrected chi connectivity index (χ1v) is 8.86. The highest BCUT2D eigenvalue weighted by Gasteiger charge is 2.17. The molecular weight excluding hydrogens is 306 g/mol. The molecule has 2 aromatic heterocycles. The lowest BCUT2D eigenvalue weighted by Crippen LogP contribution is -1.83. The van der Waals surface area contributed by atoms with Crippen molar-refractivity contribution in [3.8, 4) is 22.7 Å². The van der Waals surface area contributed by atoms with E-state index in [1.54, 1.807) is 0 Å². The predicted octanol–water partition coefficient (Wildman–Crippen LogP) is 6.58. The quantitative estimate of drug-likeness (QED) is 0.452. The van der Waals surface area contributed by atoms with Gasteiger partial charge in [0.25, 0.3) is 0 Å². The number of H-pyrrole nitrogens is 1. The van der Waals surface area contributed by atoms with Crippen LogP contribution in [0, 0.1) is 20.8 Å². The van der Waals surface area contributed by atoms with Crippen molar-refractivity contribution in [1.29, 1.82) is 0 Å². The first kappa shape index (κ1) is 15.8. The molecule has 2 heteroatoms. The van der Waals surface area contributed by atoms with E-state index in [2.05, 4.69) is 81.2 Å². The van der Waals surface area contributed by atoms with Gasteiger partial charge in [-0.05, 0) is 61.6 Å². The summed E-state index contributed by atoms with van der Waals surface area (Å²) in [6.07, 6.45) is 1.06. The molecule has 2 aromatic carbocycles. The fraction of sp³-hybridized carbons (Fsp3) is 0.217. The van der Waals surface area contributed by atoms with Gasteiger partial charge in [-0.25, -0.2) is 0 Å². The standard InChI is InChI=1S/C23H23NO/c1-5-17-8-10-18(11-9-17)19-12-13-20(24-19)23-16(4)21-14(2)6-7-15(3)22(21)25-23/h6-13,24H,5H2,1-4H3.